The summed E-state index contributed by atoms with van der Waals surface area (Å²) in [5.74, 6) is 0.0692. The number of hydrogen-bond donors (Lipinski definition) is 2. The Labute approximate surface area is 238 Å². The van der Waals surface area contributed by atoms with Crippen molar-refractivity contribution in [3.8, 4) is 0 Å². The summed E-state index contributed by atoms with van der Waals surface area (Å²) in [6, 6.07) is 8.02. The average Bonchev–Trinajstić information content (AvgIpc) is 3.56. The number of aromatic nitrogens is 1. The Morgan fingerprint density at radius 1 is 1.20 bits per heavy atom. The molecular formula is C29H35N5O4S2. The summed E-state index contributed by atoms with van der Waals surface area (Å²) in [7, 11) is -1.16. The Bertz CT molecular complexity index is 1640. The van der Waals surface area contributed by atoms with Crippen LogP contribution < -0.4 is 10.9 Å². The maximum Gasteiger partial charge on any atom is 0.259 e. The van der Waals surface area contributed by atoms with Crippen molar-refractivity contribution in [3.05, 3.63) is 78.9 Å². The highest BCUT2D eigenvalue weighted by Crippen LogP contribution is 2.36. The third kappa shape index (κ3) is 6.21. The van der Waals surface area contributed by atoms with Crippen LogP contribution in [0.3, 0.4) is 0 Å². The van der Waals surface area contributed by atoms with Crippen molar-refractivity contribution >= 4 is 44.2 Å². The summed E-state index contributed by atoms with van der Waals surface area (Å²) < 4.78 is 22.9. The number of hydrogen-bond acceptors (Lipinski definition) is 8. The summed E-state index contributed by atoms with van der Waals surface area (Å²) >= 11 is 1.74. The summed E-state index contributed by atoms with van der Waals surface area (Å²) in [5, 5.41) is 5.63. The minimum Gasteiger partial charge on any atom is -0.381 e. The van der Waals surface area contributed by atoms with Gasteiger partial charge < -0.3 is 20.1 Å². The largest absolute Gasteiger partial charge is 0.381 e. The maximum atomic E-state index is 13.2. The van der Waals surface area contributed by atoms with E-state index in [1.54, 1.807) is 22.4 Å². The van der Waals surface area contributed by atoms with Gasteiger partial charge in [0.25, 0.3) is 11.5 Å². The fourth-order valence-electron chi connectivity index (χ4n) is 5.21. The van der Waals surface area contributed by atoms with Crippen LogP contribution in [-0.4, -0.2) is 79.6 Å². The van der Waals surface area contributed by atoms with Gasteiger partial charge in [-0.05, 0) is 67.2 Å². The van der Waals surface area contributed by atoms with E-state index in [4.69, 9.17) is 4.99 Å². The quantitative estimate of drug-likeness (QED) is 0.359. The van der Waals surface area contributed by atoms with Gasteiger partial charge in [0, 0.05) is 68.0 Å². The van der Waals surface area contributed by atoms with E-state index in [0.717, 1.165) is 28.9 Å². The van der Waals surface area contributed by atoms with Crippen molar-refractivity contribution in [2.45, 2.75) is 39.3 Å². The number of anilines is 1. The van der Waals surface area contributed by atoms with Gasteiger partial charge in [-0.3, -0.25) is 14.6 Å². The minimum atomic E-state index is -3.03. The highest BCUT2D eigenvalue weighted by Gasteiger charge is 2.31. The molecular weight excluding hydrogens is 546 g/mol. The fourth-order valence-corrected chi connectivity index (χ4v) is 6.89. The maximum absolute atomic E-state index is 13.2. The van der Waals surface area contributed by atoms with Gasteiger partial charge in [0.05, 0.1) is 28.4 Å². The first kappa shape index (κ1) is 28.3. The van der Waals surface area contributed by atoms with Crippen LogP contribution in [0, 0.1) is 6.92 Å². The standard InChI is InChI=1S/C29H35N5O4S2/c1-18-6-11-39-26(18)13-19(2)31-23-5-7-30-28(35)27(23)25-15-20-14-22-21(16-24(20)32-25)17-34(29(22)36)9-8-33(3)10-12-40(4,37)38/h5-7,11,14,16,19H,8-10,12-13,15,17H2,1-4H3,(H2,30,31,35)/t19-/m0/s1. The first-order chi connectivity index (χ1) is 19.0. The van der Waals surface area contributed by atoms with E-state index < -0.39 is 9.84 Å². The first-order valence-electron chi connectivity index (χ1n) is 13.4. The number of fused-ring (bicyclic) bond motifs is 2. The number of pyridine rings is 1. The summed E-state index contributed by atoms with van der Waals surface area (Å²) in [6.07, 6.45) is 4.22. The van der Waals surface area contributed by atoms with Crippen LogP contribution in [0.2, 0.25) is 0 Å². The normalized spacial score (nSPS) is 15.4. The van der Waals surface area contributed by atoms with Crippen LogP contribution in [-0.2, 0) is 29.2 Å². The molecule has 0 fully saturated rings. The van der Waals surface area contributed by atoms with E-state index >= 15 is 0 Å². The lowest BCUT2D eigenvalue weighted by Crippen LogP contribution is -2.35. The molecule has 1 aromatic carbocycles. The third-order valence-corrected chi connectivity index (χ3v) is 9.47. The monoisotopic (exact) mass is 581 g/mol. The Kier molecular flexibility index (Phi) is 7.98. The number of rotatable bonds is 11. The third-order valence-electron chi connectivity index (χ3n) is 7.50. The zero-order valence-corrected chi connectivity index (χ0v) is 24.9. The number of aryl methyl sites for hydroxylation is 1. The fraction of sp³-hybridized carbons (Fsp3) is 0.414. The van der Waals surface area contributed by atoms with Crippen LogP contribution in [0.5, 0.6) is 0 Å². The van der Waals surface area contributed by atoms with Gasteiger partial charge in [0.2, 0.25) is 0 Å². The second-order valence-corrected chi connectivity index (χ2v) is 14.2. The lowest BCUT2D eigenvalue weighted by molar-refractivity contribution is 0.0765. The van der Waals surface area contributed by atoms with Crippen LogP contribution in [0.1, 0.15) is 44.4 Å². The van der Waals surface area contributed by atoms with Crippen LogP contribution in [0.25, 0.3) is 0 Å². The number of carbonyl (C=O) groups is 1. The van der Waals surface area contributed by atoms with Gasteiger partial charge in [-0.2, -0.15) is 0 Å². The summed E-state index contributed by atoms with van der Waals surface area (Å²) in [5.41, 5.74) is 6.41. The zero-order chi connectivity index (χ0) is 28.6. The molecule has 0 spiro atoms. The molecule has 1 atom stereocenters. The minimum absolute atomic E-state index is 0.0274. The molecule has 0 saturated heterocycles. The van der Waals surface area contributed by atoms with Crippen molar-refractivity contribution in [3.63, 3.8) is 0 Å². The number of nitrogens with zero attached hydrogens (tertiary/aromatic N) is 3. The molecule has 9 nitrogen and oxygen atoms in total. The summed E-state index contributed by atoms with van der Waals surface area (Å²) in [4.78, 5) is 38.9. The highest BCUT2D eigenvalue weighted by molar-refractivity contribution is 7.90. The van der Waals surface area contributed by atoms with Crippen LogP contribution in [0.15, 0.2) is 45.6 Å². The molecule has 3 aromatic rings. The molecule has 212 valence electrons. The molecule has 2 aliphatic rings. The number of likely N-dealkylation sites (N-methyl/N-ethyl adjacent to an activating group) is 1. The van der Waals surface area contributed by atoms with Crippen molar-refractivity contribution in [2.24, 2.45) is 4.99 Å². The molecule has 0 radical (unpaired) electrons. The predicted molar refractivity (Wildman–Crippen MR) is 161 cm³/mol. The van der Waals surface area contributed by atoms with Gasteiger partial charge >= 0.3 is 0 Å². The first-order valence-corrected chi connectivity index (χ1v) is 16.3. The molecule has 40 heavy (non-hydrogen) atoms. The molecule has 5 rings (SSSR count). The Morgan fingerprint density at radius 3 is 2.73 bits per heavy atom. The lowest BCUT2D eigenvalue weighted by atomic mass is 10.00. The molecule has 2 N–H and O–H groups in total. The lowest BCUT2D eigenvalue weighted by Gasteiger charge is -2.21. The predicted octanol–water partition coefficient (Wildman–Crippen LogP) is 3.40. The van der Waals surface area contributed by atoms with Crippen molar-refractivity contribution in [2.75, 3.05) is 44.0 Å². The van der Waals surface area contributed by atoms with Crippen molar-refractivity contribution < 1.29 is 13.2 Å². The number of amides is 1. The number of nitrogens with one attached hydrogen (secondary N) is 2. The molecule has 11 heteroatoms. The second-order valence-electron chi connectivity index (χ2n) is 10.9. The van der Waals surface area contributed by atoms with Gasteiger partial charge in [0.1, 0.15) is 9.84 Å². The summed E-state index contributed by atoms with van der Waals surface area (Å²) in [6.45, 7) is 6.26. The molecule has 4 heterocycles. The molecule has 0 bridgehead atoms. The van der Waals surface area contributed by atoms with E-state index in [2.05, 4.69) is 35.6 Å². The molecule has 0 unspecified atom stereocenters. The van der Waals surface area contributed by atoms with E-state index in [0.29, 0.717) is 49.4 Å². The van der Waals surface area contributed by atoms with E-state index in [1.807, 2.05) is 30.1 Å². The van der Waals surface area contributed by atoms with E-state index in [1.165, 1.54) is 16.7 Å². The highest BCUT2D eigenvalue weighted by atomic mass is 32.2. The zero-order valence-electron chi connectivity index (χ0n) is 23.3. The molecule has 1 amide bonds. The van der Waals surface area contributed by atoms with Crippen LogP contribution in [0.4, 0.5) is 11.4 Å². The van der Waals surface area contributed by atoms with E-state index in [-0.39, 0.29) is 23.3 Å². The SMILES string of the molecule is Cc1ccsc1C[C@H](C)Nc1cc[nH]c(=O)c1C1=Nc2cc3c(cc2C1)C(=O)N(CCN(C)CCS(C)(=O)=O)C3. The van der Waals surface area contributed by atoms with Gasteiger partial charge in [-0.25, -0.2) is 8.42 Å². The Hall–Kier alpha value is -3.28. The van der Waals surface area contributed by atoms with E-state index in [9.17, 15) is 18.0 Å². The number of carbonyl (C=O) groups excluding carboxylic acids is 1. The number of aromatic amines is 1. The average molecular weight is 582 g/mol. The van der Waals surface area contributed by atoms with Gasteiger partial charge in [0.15, 0.2) is 0 Å². The van der Waals surface area contributed by atoms with Crippen LogP contribution >= 0.6 is 11.3 Å². The number of H-pyrrole nitrogens is 1. The number of thiophene rings is 1. The smallest absolute Gasteiger partial charge is 0.259 e. The number of benzene rings is 1. The Morgan fingerprint density at radius 2 is 2.00 bits per heavy atom. The topological polar surface area (TPSA) is 115 Å². The Balaban J connectivity index is 1.29. The number of sulfone groups is 1. The molecule has 2 aromatic heterocycles. The number of aliphatic imine (C=N–C) groups is 1. The molecule has 2 aliphatic heterocycles. The van der Waals surface area contributed by atoms with Gasteiger partial charge in [-0.1, -0.05) is 0 Å². The molecule has 0 saturated carbocycles. The second kappa shape index (κ2) is 11.3. The van der Waals surface area contributed by atoms with Crippen molar-refractivity contribution in [1.82, 2.24) is 14.8 Å². The van der Waals surface area contributed by atoms with Crippen molar-refractivity contribution in [1.29, 1.82) is 0 Å². The van der Waals surface area contributed by atoms with Gasteiger partial charge in [-0.15, -0.1) is 11.3 Å². The molecule has 0 aliphatic carbocycles.